The second-order valence-corrected chi connectivity index (χ2v) is 3.67. The van der Waals surface area contributed by atoms with Crippen LogP contribution in [0.15, 0.2) is 37.1 Å². The third-order valence-electron chi connectivity index (χ3n) is 2.19. The van der Waals surface area contributed by atoms with Crippen LogP contribution in [0.2, 0.25) is 0 Å². The lowest BCUT2D eigenvalue weighted by Crippen LogP contribution is -2.21. The second kappa shape index (κ2) is 4.65. The normalized spacial score (nSPS) is 10.0. The van der Waals surface area contributed by atoms with Crippen LogP contribution in [0.4, 0.5) is 16.3 Å². The summed E-state index contributed by atoms with van der Waals surface area (Å²) in [5, 5.41) is 2.77. The number of aromatic nitrogens is 3. The molecule has 0 saturated carbocycles. The molecule has 6 nitrogen and oxygen atoms in total. The minimum Gasteiger partial charge on any atom is -0.361 e. The van der Waals surface area contributed by atoms with E-state index in [2.05, 4.69) is 15.3 Å². The average Bonchev–Trinajstić information content (AvgIpc) is 2.83. The molecule has 0 unspecified atom stereocenters. The molecule has 0 aliphatic carbocycles. The first-order valence-corrected chi connectivity index (χ1v) is 5.10. The average molecular weight is 231 g/mol. The first-order chi connectivity index (χ1) is 8.18. The van der Waals surface area contributed by atoms with Crippen molar-refractivity contribution in [2.24, 2.45) is 0 Å². The SMILES string of the molecule is CN(C)c1ncccc1NC(=O)n1ccnc1. The molecule has 2 aromatic rings. The van der Waals surface area contributed by atoms with E-state index in [1.807, 2.05) is 19.0 Å². The van der Waals surface area contributed by atoms with Gasteiger partial charge in [0.25, 0.3) is 0 Å². The summed E-state index contributed by atoms with van der Waals surface area (Å²) in [6, 6.07) is 3.31. The number of nitrogens with one attached hydrogen (secondary N) is 1. The molecule has 0 spiro atoms. The van der Waals surface area contributed by atoms with Gasteiger partial charge < -0.3 is 10.2 Å². The molecule has 88 valence electrons. The number of carbonyl (C=O) groups excluding carboxylic acids is 1. The summed E-state index contributed by atoms with van der Waals surface area (Å²) >= 11 is 0. The third-order valence-corrected chi connectivity index (χ3v) is 2.19. The molecule has 1 amide bonds. The van der Waals surface area contributed by atoms with Crippen molar-refractivity contribution in [2.45, 2.75) is 0 Å². The molecule has 0 aliphatic heterocycles. The minimum absolute atomic E-state index is 0.265. The molecule has 0 bridgehead atoms. The fourth-order valence-electron chi connectivity index (χ4n) is 1.41. The van der Waals surface area contributed by atoms with Crippen molar-refractivity contribution in [1.29, 1.82) is 0 Å². The fourth-order valence-corrected chi connectivity index (χ4v) is 1.41. The van der Waals surface area contributed by atoms with Gasteiger partial charge in [-0.15, -0.1) is 0 Å². The van der Waals surface area contributed by atoms with Crippen LogP contribution in [0.3, 0.4) is 0 Å². The Labute approximate surface area is 98.9 Å². The number of imidazole rings is 1. The third kappa shape index (κ3) is 2.41. The van der Waals surface area contributed by atoms with Crippen LogP contribution in [0.1, 0.15) is 0 Å². The van der Waals surface area contributed by atoms with E-state index < -0.39 is 0 Å². The topological polar surface area (TPSA) is 63.1 Å². The van der Waals surface area contributed by atoms with Gasteiger partial charge in [-0.1, -0.05) is 0 Å². The number of pyridine rings is 1. The van der Waals surface area contributed by atoms with Crippen LogP contribution in [0.25, 0.3) is 0 Å². The van der Waals surface area contributed by atoms with Gasteiger partial charge in [0.05, 0.1) is 5.69 Å². The van der Waals surface area contributed by atoms with Crippen molar-refractivity contribution in [3.63, 3.8) is 0 Å². The summed E-state index contributed by atoms with van der Waals surface area (Å²) in [6.07, 6.45) is 6.26. The van der Waals surface area contributed by atoms with Crippen LogP contribution < -0.4 is 10.2 Å². The minimum atomic E-state index is -0.265. The number of carbonyl (C=O) groups is 1. The second-order valence-electron chi connectivity index (χ2n) is 3.67. The molecule has 17 heavy (non-hydrogen) atoms. The number of nitrogens with zero attached hydrogens (tertiary/aromatic N) is 4. The van der Waals surface area contributed by atoms with Crippen molar-refractivity contribution in [3.8, 4) is 0 Å². The van der Waals surface area contributed by atoms with Gasteiger partial charge in [-0.2, -0.15) is 0 Å². The zero-order chi connectivity index (χ0) is 12.3. The summed E-state index contributed by atoms with van der Waals surface area (Å²) in [5.41, 5.74) is 0.663. The fraction of sp³-hybridized carbons (Fsp3) is 0.182. The van der Waals surface area contributed by atoms with Gasteiger partial charge in [-0.05, 0) is 12.1 Å². The zero-order valence-electron chi connectivity index (χ0n) is 9.66. The van der Waals surface area contributed by atoms with Crippen LogP contribution in [0, 0.1) is 0 Å². The maximum Gasteiger partial charge on any atom is 0.331 e. The molecule has 0 saturated heterocycles. The van der Waals surface area contributed by atoms with Crippen LogP contribution in [0.5, 0.6) is 0 Å². The summed E-state index contributed by atoms with van der Waals surface area (Å²) < 4.78 is 1.37. The van der Waals surface area contributed by atoms with Crippen LogP contribution >= 0.6 is 0 Å². The Morgan fingerprint density at radius 1 is 1.41 bits per heavy atom. The Morgan fingerprint density at radius 3 is 2.88 bits per heavy atom. The number of rotatable bonds is 2. The molecule has 2 aromatic heterocycles. The van der Waals surface area contributed by atoms with E-state index in [9.17, 15) is 4.79 Å². The van der Waals surface area contributed by atoms with E-state index >= 15 is 0 Å². The molecule has 2 rings (SSSR count). The van der Waals surface area contributed by atoms with Crippen molar-refractivity contribution >= 4 is 17.5 Å². The lowest BCUT2D eigenvalue weighted by atomic mass is 10.3. The van der Waals surface area contributed by atoms with Gasteiger partial charge in [0.15, 0.2) is 5.82 Å². The van der Waals surface area contributed by atoms with Crippen molar-refractivity contribution < 1.29 is 4.79 Å². The Hall–Kier alpha value is -2.37. The Morgan fingerprint density at radius 2 is 2.24 bits per heavy atom. The molecule has 0 aromatic carbocycles. The number of amides is 1. The molecule has 2 heterocycles. The number of anilines is 2. The predicted molar refractivity (Wildman–Crippen MR) is 65.2 cm³/mol. The summed E-state index contributed by atoms with van der Waals surface area (Å²) in [7, 11) is 3.74. The van der Waals surface area contributed by atoms with Crippen LogP contribution in [-0.4, -0.2) is 34.7 Å². The van der Waals surface area contributed by atoms with Gasteiger partial charge in [-0.25, -0.2) is 14.8 Å². The quantitative estimate of drug-likeness (QED) is 0.849. The first-order valence-electron chi connectivity index (χ1n) is 5.10. The molecule has 6 heteroatoms. The van der Waals surface area contributed by atoms with E-state index in [0.717, 1.165) is 0 Å². The van der Waals surface area contributed by atoms with Gasteiger partial charge >= 0.3 is 6.03 Å². The van der Waals surface area contributed by atoms with Gasteiger partial charge in [0.1, 0.15) is 6.33 Å². The number of hydrogen-bond acceptors (Lipinski definition) is 4. The standard InChI is InChI=1S/C11H13N5O/c1-15(2)10-9(4-3-5-13-10)14-11(17)16-7-6-12-8-16/h3-8H,1-2H3,(H,14,17). The van der Waals surface area contributed by atoms with Gasteiger partial charge in [0.2, 0.25) is 0 Å². The van der Waals surface area contributed by atoms with Crippen molar-refractivity contribution in [2.75, 3.05) is 24.3 Å². The lowest BCUT2D eigenvalue weighted by Gasteiger charge is -2.16. The highest BCUT2D eigenvalue weighted by atomic mass is 16.2. The smallest absolute Gasteiger partial charge is 0.331 e. The molecule has 0 aliphatic rings. The Kier molecular flexibility index (Phi) is 3.04. The molecule has 0 radical (unpaired) electrons. The summed E-state index contributed by atoms with van der Waals surface area (Å²) in [6.45, 7) is 0. The van der Waals surface area contributed by atoms with Crippen LogP contribution in [-0.2, 0) is 0 Å². The van der Waals surface area contributed by atoms with E-state index in [1.54, 1.807) is 30.7 Å². The predicted octanol–water partition coefficient (Wildman–Crippen LogP) is 1.42. The van der Waals surface area contributed by atoms with Crippen molar-refractivity contribution in [3.05, 3.63) is 37.1 Å². The maximum absolute atomic E-state index is 11.8. The Bertz CT molecular complexity index is 506. The molecular weight excluding hydrogens is 218 g/mol. The van der Waals surface area contributed by atoms with E-state index in [-0.39, 0.29) is 6.03 Å². The van der Waals surface area contributed by atoms with Crippen molar-refractivity contribution in [1.82, 2.24) is 14.5 Å². The van der Waals surface area contributed by atoms with E-state index in [1.165, 1.54) is 10.9 Å². The zero-order valence-corrected chi connectivity index (χ0v) is 9.66. The van der Waals surface area contributed by atoms with E-state index in [4.69, 9.17) is 0 Å². The maximum atomic E-state index is 11.8. The molecular formula is C11H13N5O. The Balaban J connectivity index is 2.22. The largest absolute Gasteiger partial charge is 0.361 e. The van der Waals surface area contributed by atoms with Gasteiger partial charge in [0, 0.05) is 32.7 Å². The summed E-state index contributed by atoms with van der Waals surface area (Å²) in [5.74, 6) is 0.709. The highest BCUT2D eigenvalue weighted by molar-refractivity contribution is 5.93. The molecule has 0 fully saturated rings. The highest BCUT2D eigenvalue weighted by Crippen LogP contribution is 2.20. The van der Waals surface area contributed by atoms with E-state index in [0.29, 0.717) is 11.5 Å². The monoisotopic (exact) mass is 231 g/mol. The summed E-state index contributed by atoms with van der Waals surface area (Å²) in [4.78, 5) is 21.7. The van der Waals surface area contributed by atoms with Gasteiger partial charge in [-0.3, -0.25) is 4.57 Å². The highest BCUT2D eigenvalue weighted by Gasteiger charge is 2.09. The molecule has 0 atom stereocenters. The molecule has 1 N–H and O–H groups in total. The first kappa shape index (κ1) is 11.1. The number of hydrogen-bond donors (Lipinski definition) is 1. The lowest BCUT2D eigenvalue weighted by molar-refractivity contribution is 0.253.